The number of aromatic nitrogens is 1. The minimum Gasteiger partial charge on any atom is -0.488 e. The summed E-state index contributed by atoms with van der Waals surface area (Å²) in [5.74, 6) is -0.323. The molecule has 2 atom stereocenters. The number of carbonyl (C=O) groups excluding carboxylic acids is 1. The van der Waals surface area contributed by atoms with Crippen molar-refractivity contribution in [2.24, 2.45) is 0 Å². The summed E-state index contributed by atoms with van der Waals surface area (Å²) in [6.45, 7) is 2.40. The molecular weight excluding hydrogens is 342 g/mol. The molecule has 0 amide bonds. The second-order valence-corrected chi connectivity index (χ2v) is 6.90. The van der Waals surface area contributed by atoms with Crippen LogP contribution in [0.3, 0.4) is 0 Å². The van der Waals surface area contributed by atoms with Crippen LogP contribution in [0.1, 0.15) is 29.9 Å². The van der Waals surface area contributed by atoms with Crippen LogP contribution in [-0.2, 0) is 26.1 Å². The minimum atomic E-state index is -1.60. The summed E-state index contributed by atoms with van der Waals surface area (Å²) in [4.78, 5) is 27.0. The molecule has 1 aromatic heterocycles. The molecule has 0 aliphatic carbocycles. The molecule has 6 nitrogen and oxygen atoms in total. The maximum Gasteiger partial charge on any atom is 0.326 e. The topological polar surface area (TPSA) is 85.5 Å². The first kappa shape index (κ1) is 18.9. The van der Waals surface area contributed by atoms with Crippen molar-refractivity contribution in [3.8, 4) is 5.75 Å². The van der Waals surface area contributed by atoms with Crippen LogP contribution in [-0.4, -0.2) is 28.9 Å². The number of pyridine rings is 1. The Morgan fingerprint density at radius 2 is 2.00 bits per heavy atom. The van der Waals surface area contributed by atoms with Gasteiger partial charge in [-0.1, -0.05) is 37.3 Å². The fraction of sp³-hybridized carbons (Fsp3) is 0.333. The number of nitrogens with one attached hydrogen (secondary N) is 1. The van der Waals surface area contributed by atoms with E-state index in [-0.39, 0.29) is 16.9 Å². The summed E-state index contributed by atoms with van der Waals surface area (Å²) < 4.78 is 22.9. The lowest BCUT2D eigenvalue weighted by atomic mass is 10.1. The monoisotopic (exact) mass is 363 g/mol. The molecule has 7 heteroatoms. The van der Waals surface area contributed by atoms with Crippen molar-refractivity contribution in [2.75, 3.05) is 13.7 Å². The number of benzene rings is 1. The standard InChI is InChI=1S/C18H21NO5S/c1-3-9-24-16-11-19-14(10-15(16)20)12-25(22)17(18(21)23-2)13-7-5-4-6-8-13/h4-8,10-11,17H,3,9,12H2,1-2H3,(H,19,20). The van der Waals surface area contributed by atoms with Crippen LogP contribution in [0.2, 0.25) is 0 Å². The number of H-pyrrole nitrogens is 1. The molecule has 25 heavy (non-hydrogen) atoms. The van der Waals surface area contributed by atoms with Gasteiger partial charge in [0.1, 0.15) is 0 Å². The normalized spacial score (nSPS) is 13.0. The Hall–Kier alpha value is -2.41. The van der Waals surface area contributed by atoms with Gasteiger partial charge in [-0.2, -0.15) is 0 Å². The summed E-state index contributed by atoms with van der Waals surface area (Å²) in [5, 5.41) is -0.911. The summed E-state index contributed by atoms with van der Waals surface area (Å²) in [6, 6.07) is 10.2. The van der Waals surface area contributed by atoms with Crippen molar-refractivity contribution in [2.45, 2.75) is 24.3 Å². The predicted molar refractivity (Wildman–Crippen MR) is 95.9 cm³/mol. The second kappa shape index (κ2) is 9.17. The van der Waals surface area contributed by atoms with Crippen LogP contribution in [0.15, 0.2) is 47.4 Å². The van der Waals surface area contributed by atoms with Crippen LogP contribution in [0, 0.1) is 0 Å². The van der Waals surface area contributed by atoms with Gasteiger partial charge in [0.15, 0.2) is 11.0 Å². The van der Waals surface area contributed by atoms with E-state index in [9.17, 15) is 13.8 Å². The van der Waals surface area contributed by atoms with Crippen molar-refractivity contribution in [3.05, 3.63) is 64.1 Å². The van der Waals surface area contributed by atoms with Gasteiger partial charge >= 0.3 is 5.97 Å². The Morgan fingerprint density at radius 3 is 2.60 bits per heavy atom. The molecule has 0 saturated heterocycles. The highest BCUT2D eigenvalue weighted by Crippen LogP contribution is 2.23. The molecule has 1 aromatic carbocycles. The number of carbonyl (C=O) groups is 1. The van der Waals surface area contributed by atoms with Gasteiger partial charge in [0.25, 0.3) is 0 Å². The zero-order valence-corrected chi connectivity index (χ0v) is 15.0. The minimum absolute atomic E-state index is 0.0258. The smallest absolute Gasteiger partial charge is 0.326 e. The Balaban J connectivity index is 2.20. The molecule has 0 radical (unpaired) electrons. The SMILES string of the molecule is CCCOc1c[nH]c(CS(=O)C(C(=O)OC)c2ccccc2)cc1=O. The van der Waals surface area contributed by atoms with Crippen LogP contribution in [0.25, 0.3) is 0 Å². The summed E-state index contributed by atoms with van der Waals surface area (Å²) >= 11 is 0. The molecule has 2 aromatic rings. The molecule has 1 N–H and O–H groups in total. The maximum absolute atomic E-state index is 12.7. The van der Waals surface area contributed by atoms with E-state index in [4.69, 9.17) is 9.47 Å². The largest absolute Gasteiger partial charge is 0.488 e. The van der Waals surface area contributed by atoms with Gasteiger partial charge in [0, 0.05) is 28.8 Å². The Kier molecular flexibility index (Phi) is 6.94. The van der Waals surface area contributed by atoms with Crippen molar-refractivity contribution < 1.29 is 18.5 Å². The lowest BCUT2D eigenvalue weighted by Crippen LogP contribution is -2.21. The van der Waals surface area contributed by atoms with Crippen molar-refractivity contribution >= 4 is 16.8 Å². The predicted octanol–water partition coefficient (Wildman–Crippen LogP) is 2.33. The van der Waals surface area contributed by atoms with Gasteiger partial charge in [-0.15, -0.1) is 0 Å². The van der Waals surface area contributed by atoms with E-state index >= 15 is 0 Å². The fourth-order valence-corrected chi connectivity index (χ4v) is 3.69. The Bertz CT molecular complexity index is 788. The maximum atomic E-state index is 12.7. The number of ether oxygens (including phenoxy) is 2. The number of hydrogen-bond acceptors (Lipinski definition) is 5. The molecule has 1 heterocycles. The van der Waals surface area contributed by atoms with Crippen LogP contribution in [0.5, 0.6) is 5.75 Å². The van der Waals surface area contributed by atoms with Crippen molar-refractivity contribution in [3.63, 3.8) is 0 Å². The van der Waals surface area contributed by atoms with E-state index in [0.717, 1.165) is 6.42 Å². The van der Waals surface area contributed by atoms with Gasteiger partial charge in [-0.25, -0.2) is 0 Å². The summed E-state index contributed by atoms with van der Waals surface area (Å²) in [7, 11) is -0.334. The molecule has 2 rings (SSSR count). The van der Waals surface area contributed by atoms with E-state index in [1.54, 1.807) is 24.3 Å². The van der Waals surface area contributed by atoms with Gasteiger partial charge in [0.05, 0.1) is 19.5 Å². The summed E-state index contributed by atoms with van der Waals surface area (Å²) in [5.41, 5.74) is 0.795. The highest BCUT2D eigenvalue weighted by Gasteiger charge is 2.28. The third-order valence-electron chi connectivity index (χ3n) is 3.48. The van der Waals surface area contributed by atoms with Crippen molar-refractivity contribution in [1.29, 1.82) is 0 Å². The molecule has 0 saturated carbocycles. The average molecular weight is 363 g/mol. The van der Waals surface area contributed by atoms with E-state index in [0.29, 0.717) is 17.9 Å². The van der Waals surface area contributed by atoms with Gasteiger partial charge in [0.2, 0.25) is 5.43 Å². The molecule has 0 spiro atoms. The third-order valence-corrected chi connectivity index (χ3v) is 5.06. The Morgan fingerprint density at radius 1 is 1.28 bits per heavy atom. The van der Waals surface area contributed by atoms with Crippen LogP contribution < -0.4 is 10.2 Å². The average Bonchev–Trinajstić information content (AvgIpc) is 2.62. The second-order valence-electron chi connectivity index (χ2n) is 5.37. The number of methoxy groups -OCH3 is 1. The van der Waals surface area contributed by atoms with E-state index in [1.807, 2.05) is 13.0 Å². The highest BCUT2D eigenvalue weighted by atomic mass is 32.2. The van der Waals surface area contributed by atoms with Crippen molar-refractivity contribution in [1.82, 2.24) is 4.98 Å². The molecule has 2 unspecified atom stereocenters. The lowest BCUT2D eigenvalue weighted by molar-refractivity contribution is -0.140. The fourth-order valence-electron chi connectivity index (χ4n) is 2.28. The first-order valence-electron chi connectivity index (χ1n) is 7.91. The number of esters is 1. The van der Waals surface area contributed by atoms with Gasteiger partial charge in [-0.05, 0) is 12.0 Å². The van der Waals surface area contributed by atoms with E-state index in [2.05, 4.69) is 4.98 Å². The zero-order valence-electron chi connectivity index (χ0n) is 14.2. The number of hydrogen-bond donors (Lipinski definition) is 1. The Labute approximate surface area is 148 Å². The van der Waals surface area contributed by atoms with E-state index < -0.39 is 22.0 Å². The van der Waals surface area contributed by atoms with E-state index in [1.165, 1.54) is 19.4 Å². The first-order valence-corrected chi connectivity index (χ1v) is 9.29. The molecule has 0 fully saturated rings. The quantitative estimate of drug-likeness (QED) is 0.728. The lowest BCUT2D eigenvalue weighted by Gasteiger charge is -2.15. The number of rotatable bonds is 8. The molecule has 0 aliphatic heterocycles. The molecule has 134 valence electrons. The molecule has 0 aliphatic rings. The summed E-state index contributed by atoms with van der Waals surface area (Å²) in [6.07, 6.45) is 2.25. The van der Waals surface area contributed by atoms with Gasteiger partial charge in [-0.3, -0.25) is 13.8 Å². The third kappa shape index (κ3) is 5.03. The highest BCUT2D eigenvalue weighted by molar-refractivity contribution is 7.85. The van der Waals surface area contributed by atoms with Gasteiger partial charge < -0.3 is 14.5 Å². The molecule has 0 bridgehead atoms. The number of aromatic amines is 1. The van der Waals surface area contributed by atoms with Crippen LogP contribution >= 0.6 is 0 Å². The molecular formula is C18H21NO5S. The zero-order chi connectivity index (χ0) is 18.2. The van der Waals surface area contributed by atoms with Crippen LogP contribution in [0.4, 0.5) is 0 Å². The first-order chi connectivity index (χ1) is 12.1.